The fourth-order valence-electron chi connectivity index (χ4n) is 2.81. The Labute approximate surface area is 129 Å². The summed E-state index contributed by atoms with van der Waals surface area (Å²) in [5.74, 6) is 0.355. The largest absolute Gasteiger partial charge is 0.376 e. The molecule has 20 heavy (non-hydrogen) atoms. The molecule has 1 aromatic rings. The SMILES string of the molecule is CCCNC(Cc1cccc(F)c1Br)C1OCCC1C. The number of halogens is 2. The predicted molar refractivity (Wildman–Crippen MR) is 83.4 cm³/mol. The van der Waals surface area contributed by atoms with Crippen LogP contribution < -0.4 is 5.32 Å². The van der Waals surface area contributed by atoms with Crippen molar-refractivity contribution in [3.8, 4) is 0 Å². The van der Waals surface area contributed by atoms with E-state index in [1.807, 2.05) is 6.07 Å². The van der Waals surface area contributed by atoms with Crippen molar-refractivity contribution < 1.29 is 9.13 Å². The summed E-state index contributed by atoms with van der Waals surface area (Å²) in [6.45, 7) is 6.19. The Bertz CT molecular complexity index is 440. The Morgan fingerprint density at radius 3 is 2.95 bits per heavy atom. The number of ether oxygens (including phenoxy) is 1. The Balaban J connectivity index is 2.12. The van der Waals surface area contributed by atoms with Crippen LogP contribution in [0.2, 0.25) is 0 Å². The average Bonchev–Trinajstić information content (AvgIpc) is 2.85. The van der Waals surface area contributed by atoms with E-state index in [4.69, 9.17) is 4.74 Å². The van der Waals surface area contributed by atoms with Crippen LogP contribution >= 0.6 is 15.9 Å². The van der Waals surface area contributed by atoms with Crippen molar-refractivity contribution in [1.29, 1.82) is 0 Å². The molecule has 0 amide bonds. The van der Waals surface area contributed by atoms with Gasteiger partial charge in [0.25, 0.3) is 0 Å². The highest BCUT2D eigenvalue weighted by molar-refractivity contribution is 9.10. The van der Waals surface area contributed by atoms with Gasteiger partial charge in [0.05, 0.1) is 10.6 Å². The molecule has 1 aliphatic heterocycles. The number of rotatable bonds is 6. The molecule has 4 heteroatoms. The Morgan fingerprint density at radius 1 is 1.50 bits per heavy atom. The van der Waals surface area contributed by atoms with E-state index in [0.29, 0.717) is 10.4 Å². The number of nitrogens with one attached hydrogen (secondary N) is 1. The molecule has 2 nitrogen and oxygen atoms in total. The van der Waals surface area contributed by atoms with E-state index in [1.54, 1.807) is 6.07 Å². The van der Waals surface area contributed by atoms with E-state index in [2.05, 4.69) is 35.1 Å². The van der Waals surface area contributed by atoms with Crippen molar-refractivity contribution >= 4 is 15.9 Å². The lowest BCUT2D eigenvalue weighted by Crippen LogP contribution is -2.44. The van der Waals surface area contributed by atoms with Crippen LogP contribution in [0.5, 0.6) is 0 Å². The highest BCUT2D eigenvalue weighted by Crippen LogP contribution is 2.27. The van der Waals surface area contributed by atoms with Gasteiger partial charge in [-0.2, -0.15) is 0 Å². The van der Waals surface area contributed by atoms with Crippen LogP contribution in [0.15, 0.2) is 22.7 Å². The van der Waals surface area contributed by atoms with Crippen molar-refractivity contribution in [1.82, 2.24) is 5.32 Å². The van der Waals surface area contributed by atoms with E-state index in [9.17, 15) is 4.39 Å². The van der Waals surface area contributed by atoms with Crippen molar-refractivity contribution in [3.63, 3.8) is 0 Å². The first-order valence-electron chi connectivity index (χ1n) is 7.41. The zero-order valence-corrected chi connectivity index (χ0v) is 13.7. The standard InChI is InChI=1S/C16H23BrFNO/c1-3-8-19-14(16-11(2)7-9-20-16)10-12-5-4-6-13(18)15(12)17/h4-6,11,14,16,19H,3,7-10H2,1-2H3. The maximum absolute atomic E-state index is 13.6. The molecule has 0 radical (unpaired) electrons. The van der Waals surface area contributed by atoms with Crippen LogP contribution in [-0.2, 0) is 11.2 Å². The van der Waals surface area contributed by atoms with Gasteiger partial charge in [0.1, 0.15) is 5.82 Å². The molecule has 2 rings (SSSR count). The van der Waals surface area contributed by atoms with Crippen LogP contribution in [0, 0.1) is 11.7 Å². The third kappa shape index (κ3) is 3.80. The Hall–Kier alpha value is -0.450. The molecular formula is C16H23BrFNO. The third-order valence-electron chi connectivity index (χ3n) is 3.97. The van der Waals surface area contributed by atoms with Crippen molar-refractivity contribution in [2.45, 2.75) is 45.3 Å². The molecule has 1 N–H and O–H groups in total. The average molecular weight is 344 g/mol. The van der Waals surface area contributed by atoms with Crippen LogP contribution in [0.3, 0.4) is 0 Å². The summed E-state index contributed by atoms with van der Waals surface area (Å²) < 4.78 is 20.1. The lowest BCUT2D eigenvalue weighted by atomic mass is 9.93. The first-order chi connectivity index (χ1) is 9.63. The van der Waals surface area contributed by atoms with E-state index in [1.165, 1.54) is 6.07 Å². The van der Waals surface area contributed by atoms with E-state index < -0.39 is 0 Å². The van der Waals surface area contributed by atoms with Gasteiger partial charge < -0.3 is 10.1 Å². The molecule has 0 aromatic heterocycles. The second-order valence-electron chi connectivity index (χ2n) is 5.58. The van der Waals surface area contributed by atoms with Crippen LogP contribution in [0.1, 0.15) is 32.3 Å². The maximum Gasteiger partial charge on any atom is 0.137 e. The van der Waals surface area contributed by atoms with E-state index in [-0.39, 0.29) is 18.0 Å². The minimum absolute atomic E-state index is 0.197. The van der Waals surface area contributed by atoms with Gasteiger partial charge in [0.2, 0.25) is 0 Å². The zero-order valence-electron chi connectivity index (χ0n) is 12.2. The first kappa shape index (κ1) is 15.9. The van der Waals surface area contributed by atoms with Gasteiger partial charge in [-0.1, -0.05) is 26.0 Å². The number of hydrogen-bond acceptors (Lipinski definition) is 2. The van der Waals surface area contributed by atoms with Crippen molar-refractivity contribution in [3.05, 3.63) is 34.1 Å². The highest BCUT2D eigenvalue weighted by Gasteiger charge is 2.32. The van der Waals surface area contributed by atoms with E-state index >= 15 is 0 Å². The fraction of sp³-hybridized carbons (Fsp3) is 0.625. The summed E-state index contributed by atoms with van der Waals surface area (Å²) in [7, 11) is 0. The zero-order chi connectivity index (χ0) is 14.5. The smallest absolute Gasteiger partial charge is 0.137 e. The Kier molecular flexibility index (Phi) is 6.00. The van der Waals surface area contributed by atoms with Gasteiger partial charge in [-0.3, -0.25) is 0 Å². The molecule has 1 aromatic carbocycles. The van der Waals surface area contributed by atoms with Crippen molar-refractivity contribution in [2.75, 3.05) is 13.2 Å². The van der Waals surface area contributed by atoms with Gasteiger partial charge in [0, 0.05) is 12.6 Å². The van der Waals surface area contributed by atoms with Crippen LogP contribution in [0.25, 0.3) is 0 Å². The molecule has 0 spiro atoms. The molecule has 0 saturated carbocycles. The normalized spacial score (nSPS) is 24.0. The second kappa shape index (κ2) is 7.53. The molecule has 1 fully saturated rings. The third-order valence-corrected chi connectivity index (χ3v) is 4.86. The minimum Gasteiger partial charge on any atom is -0.376 e. The lowest BCUT2D eigenvalue weighted by Gasteiger charge is -2.27. The van der Waals surface area contributed by atoms with Crippen LogP contribution in [-0.4, -0.2) is 25.3 Å². The molecule has 1 heterocycles. The number of hydrogen-bond donors (Lipinski definition) is 1. The molecule has 3 unspecified atom stereocenters. The molecule has 1 saturated heterocycles. The highest BCUT2D eigenvalue weighted by atomic mass is 79.9. The molecule has 3 atom stereocenters. The quantitative estimate of drug-likeness (QED) is 0.845. The molecular weight excluding hydrogens is 321 g/mol. The molecule has 112 valence electrons. The topological polar surface area (TPSA) is 21.3 Å². The van der Waals surface area contributed by atoms with Crippen LogP contribution in [0.4, 0.5) is 4.39 Å². The van der Waals surface area contributed by atoms with Gasteiger partial charge >= 0.3 is 0 Å². The summed E-state index contributed by atoms with van der Waals surface area (Å²) in [5, 5.41) is 3.57. The molecule has 0 bridgehead atoms. The summed E-state index contributed by atoms with van der Waals surface area (Å²) in [6.07, 6.45) is 3.20. The van der Waals surface area contributed by atoms with Crippen molar-refractivity contribution in [2.24, 2.45) is 5.92 Å². The van der Waals surface area contributed by atoms with Gasteiger partial charge in [-0.15, -0.1) is 0 Å². The first-order valence-corrected chi connectivity index (χ1v) is 8.20. The minimum atomic E-state index is -0.197. The summed E-state index contributed by atoms with van der Waals surface area (Å²) in [5.41, 5.74) is 1.00. The summed E-state index contributed by atoms with van der Waals surface area (Å²) >= 11 is 3.36. The molecule has 1 aliphatic rings. The van der Waals surface area contributed by atoms with Gasteiger partial charge in [-0.05, 0) is 59.3 Å². The predicted octanol–water partition coefficient (Wildman–Crippen LogP) is 3.92. The number of benzene rings is 1. The summed E-state index contributed by atoms with van der Waals surface area (Å²) in [4.78, 5) is 0. The monoisotopic (exact) mass is 343 g/mol. The summed E-state index contributed by atoms with van der Waals surface area (Å²) in [6, 6.07) is 5.47. The van der Waals surface area contributed by atoms with Gasteiger partial charge in [0.15, 0.2) is 0 Å². The lowest BCUT2D eigenvalue weighted by molar-refractivity contribution is 0.0609. The molecule has 0 aliphatic carbocycles. The van der Waals surface area contributed by atoms with Gasteiger partial charge in [-0.25, -0.2) is 4.39 Å². The second-order valence-corrected chi connectivity index (χ2v) is 6.37. The van der Waals surface area contributed by atoms with E-state index in [0.717, 1.165) is 38.0 Å². The Morgan fingerprint density at radius 2 is 2.30 bits per heavy atom. The maximum atomic E-state index is 13.6. The fourth-order valence-corrected chi connectivity index (χ4v) is 3.23.